The Bertz CT molecular complexity index is 836. The van der Waals surface area contributed by atoms with Crippen LogP contribution in [0.15, 0.2) is 41.8 Å². The molecule has 2 aromatic heterocycles. The number of aryl methyl sites for hydroxylation is 1. The van der Waals surface area contributed by atoms with E-state index in [0.717, 1.165) is 22.0 Å². The standard InChI is InChI=1S/C18H20N4OS/c1-12(2)16-9-15(21-22(16)3)17(23)19-10-14-11-24-18(20-14)13-7-5-4-6-8-13/h4-9,11-12H,10H2,1-3H3,(H,19,23). The first-order chi connectivity index (χ1) is 11.5. The predicted molar refractivity (Wildman–Crippen MR) is 96.0 cm³/mol. The number of hydrogen-bond donors (Lipinski definition) is 1. The van der Waals surface area contributed by atoms with E-state index >= 15 is 0 Å². The highest BCUT2D eigenvalue weighted by Crippen LogP contribution is 2.23. The van der Waals surface area contributed by atoms with Gasteiger partial charge in [-0.3, -0.25) is 9.48 Å². The van der Waals surface area contributed by atoms with Crippen molar-refractivity contribution in [2.45, 2.75) is 26.3 Å². The maximum atomic E-state index is 12.3. The molecule has 0 aliphatic heterocycles. The minimum absolute atomic E-state index is 0.174. The Kier molecular flexibility index (Phi) is 4.76. The van der Waals surface area contributed by atoms with Gasteiger partial charge in [0.25, 0.3) is 5.91 Å². The summed E-state index contributed by atoms with van der Waals surface area (Å²) >= 11 is 1.58. The molecule has 0 bridgehead atoms. The number of nitrogens with one attached hydrogen (secondary N) is 1. The lowest BCUT2D eigenvalue weighted by molar-refractivity contribution is 0.0945. The summed E-state index contributed by atoms with van der Waals surface area (Å²) in [5.41, 5.74) is 3.43. The maximum Gasteiger partial charge on any atom is 0.272 e. The molecule has 6 heteroatoms. The van der Waals surface area contributed by atoms with Crippen LogP contribution in [0.5, 0.6) is 0 Å². The van der Waals surface area contributed by atoms with Crippen molar-refractivity contribution in [3.05, 3.63) is 58.9 Å². The molecule has 1 N–H and O–H groups in total. The highest BCUT2D eigenvalue weighted by atomic mass is 32.1. The second kappa shape index (κ2) is 6.97. The summed E-state index contributed by atoms with van der Waals surface area (Å²) in [6.07, 6.45) is 0. The van der Waals surface area contributed by atoms with E-state index in [0.29, 0.717) is 18.2 Å². The number of carbonyl (C=O) groups is 1. The minimum Gasteiger partial charge on any atom is -0.345 e. The average Bonchev–Trinajstić information content (AvgIpc) is 3.20. The number of nitrogens with zero attached hydrogens (tertiary/aromatic N) is 3. The molecule has 24 heavy (non-hydrogen) atoms. The highest BCUT2D eigenvalue weighted by Gasteiger charge is 2.15. The number of hydrogen-bond acceptors (Lipinski definition) is 4. The Balaban J connectivity index is 1.65. The molecule has 0 atom stereocenters. The van der Waals surface area contributed by atoms with Crippen LogP contribution in [0.4, 0.5) is 0 Å². The molecule has 0 unspecified atom stereocenters. The molecule has 3 aromatic rings. The zero-order valence-electron chi connectivity index (χ0n) is 14.0. The number of aromatic nitrogens is 3. The number of amides is 1. The first kappa shape index (κ1) is 16.4. The van der Waals surface area contributed by atoms with Crippen LogP contribution >= 0.6 is 11.3 Å². The van der Waals surface area contributed by atoms with Gasteiger partial charge in [-0.25, -0.2) is 4.98 Å². The predicted octanol–water partition coefficient (Wildman–Crippen LogP) is 3.60. The Morgan fingerprint density at radius 3 is 2.71 bits per heavy atom. The van der Waals surface area contributed by atoms with Crippen molar-refractivity contribution in [2.75, 3.05) is 0 Å². The third-order valence-electron chi connectivity index (χ3n) is 3.74. The molecule has 124 valence electrons. The van der Waals surface area contributed by atoms with E-state index in [1.807, 2.05) is 48.8 Å². The van der Waals surface area contributed by atoms with E-state index in [2.05, 4.69) is 29.2 Å². The molecular weight excluding hydrogens is 320 g/mol. The maximum absolute atomic E-state index is 12.3. The van der Waals surface area contributed by atoms with E-state index in [9.17, 15) is 4.79 Å². The number of benzene rings is 1. The quantitative estimate of drug-likeness (QED) is 0.772. The molecule has 0 saturated heterocycles. The van der Waals surface area contributed by atoms with Crippen molar-refractivity contribution in [1.29, 1.82) is 0 Å². The topological polar surface area (TPSA) is 59.8 Å². The second-order valence-electron chi connectivity index (χ2n) is 5.93. The molecule has 0 radical (unpaired) electrons. The Hall–Kier alpha value is -2.47. The van der Waals surface area contributed by atoms with Gasteiger partial charge in [-0.1, -0.05) is 44.2 Å². The molecule has 5 nitrogen and oxygen atoms in total. The number of thiazole rings is 1. The summed E-state index contributed by atoms with van der Waals surface area (Å²) in [5, 5.41) is 10.1. The molecule has 0 spiro atoms. The van der Waals surface area contributed by atoms with E-state index < -0.39 is 0 Å². The summed E-state index contributed by atoms with van der Waals surface area (Å²) in [7, 11) is 1.86. The molecular formula is C18H20N4OS. The monoisotopic (exact) mass is 340 g/mol. The van der Waals surface area contributed by atoms with Crippen molar-refractivity contribution in [2.24, 2.45) is 7.05 Å². The van der Waals surface area contributed by atoms with Gasteiger partial charge >= 0.3 is 0 Å². The first-order valence-corrected chi connectivity index (χ1v) is 8.74. The fourth-order valence-electron chi connectivity index (χ4n) is 2.50. The van der Waals surface area contributed by atoms with Crippen molar-refractivity contribution in [3.8, 4) is 10.6 Å². The molecule has 1 amide bonds. The van der Waals surface area contributed by atoms with Gasteiger partial charge in [0.1, 0.15) is 10.7 Å². The minimum atomic E-state index is -0.174. The summed E-state index contributed by atoms with van der Waals surface area (Å²) in [5.74, 6) is 0.155. The van der Waals surface area contributed by atoms with Crippen LogP contribution in [-0.4, -0.2) is 20.7 Å². The van der Waals surface area contributed by atoms with Crippen molar-refractivity contribution in [3.63, 3.8) is 0 Å². The average molecular weight is 340 g/mol. The van der Waals surface area contributed by atoms with Gasteiger partial charge in [0, 0.05) is 23.7 Å². The van der Waals surface area contributed by atoms with Crippen LogP contribution < -0.4 is 5.32 Å². The molecule has 3 rings (SSSR count). The van der Waals surface area contributed by atoms with Crippen molar-refractivity contribution < 1.29 is 4.79 Å². The van der Waals surface area contributed by atoms with Gasteiger partial charge in [-0.15, -0.1) is 11.3 Å². The fraction of sp³-hybridized carbons (Fsp3) is 0.278. The zero-order valence-corrected chi connectivity index (χ0v) is 14.8. The van der Waals surface area contributed by atoms with Gasteiger partial charge in [-0.05, 0) is 12.0 Å². The molecule has 2 heterocycles. The lowest BCUT2D eigenvalue weighted by Gasteiger charge is -2.02. The van der Waals surface area contributed by atoms with Crippen LogP contribution in [0.25, 0.3) is 10.6 Å². The normalized spacial score (nSPS) is 11.0. The van der Waals surface area contributed by atoms with Gasteiger partial charge in [0.15, 0.2) is 0 Å². The molecule has 0 fully saturated rings. The van der Waals surface area contributed by atoms with Gasteiger partial charge < -0.3 is 5.32 Å². The molecule has 1 aromatic carbocycles. The number of carbonyl (C=O) groups excluding carboxylic acids is 1. The molecule has 0 aliphatic rings. The van der Waals surface area contributed by atoms with Crippen LogP contribution in [0, 0.1) is 0 Å². The van der Waals surface area contributed by atoms with E-state index in [-0.39, 0.29) is 5.91 Å². The molecule has 0 aliphatic carbocycles. The van der Waals surface area contributed by atoms with Gasteiger partial charge in [-0.2, -0.15) is 5.10 Å². The summed E-state index contributed by atoms with van der Waals surface area (Å²) in [6, 6.07) is 11.9. The van der Waals surface area contributed by atoms with E-state index in [4.69, 9.17) is 0 Å². The van der Waals surface area contributed by atoms with E-state index in [1.165, 1.54) is 0 Å². The van der Waals surface area contributed by atoms with Crippen molar-refractivity contribution in [1.82, 2.24) is 20.1 Å². The number of rotatable bonds is 5. The van der Waals surface area contributed by atoms with Crippen molar-refractivity contribution >= 4 is 17.2 Å². The highest BCUT2D eigenvalue weighted by molar-refractivity contribution is 7.13. The Labute approximate surface area is 145 Å². The van der Waals surface area contributed by atoms with Gasteiger partial charge in [0.2, 0.25) is 0 Å². The first-order valence-electron chi connectivity index (χ1n) is 7.86. The van der Waals surface area contributed by atoms with Crippen LogP contribution in [0.3, 0.4) is 0 Å². The molecule has 0 saturated carbocycles. The second-order valence-corrected chi connectivity index (χ2v) is 6.78. The third kappa shape index (κ3) is 3.54. The largest absolute Gasteiger partial charge is 0.345 e. The van der Waals surface area contributed by atoms with Gasteiger partial charge in [0.05, 0.1) is 12.2 Å². The van der Waals surface area contributed by atoms with Crippen LogP contribution in [0.2, 0.25) is 0 Å². The smallest absolute Gasteiger partial charge is 0.272 e. The Morgan fingerprint density at radius 2 is 2.04 bits per heavy atom. The van der Waals surface area contributed by atoms with E-state index in [1.54, 1.807) is 16.0 Å². The fourth-order valence-corrected chi connectivity index (χ4v) is 3.32. The summed E-state index contributed by atoms with van der Waals surface area (Å²) in [4.78, 5) is 16.8. The zero-order chi connectivity index (χ0) is 17.1. The lowest BCUT2D eigenvalue weighted by Crippen LogP contribution is -2.23. The summed E-state index contributed by atoms with van der Waals surface area (Å²) < 4.78 is 1.76. The third-order valence-corrected chi connectivity index (χ3v) is 4.68. The Morgan fingerprint density at radius 1 is 1.29 bits per heavy atom. The SMILES string of the molecule is CC(C)c1cc(C(=O)NCc2csc(-c3ccccc3)n2)nn1C. The summed E-state index contributed by atoms with van der Waals surface area (Å²) in [6.45, 7) is 4.56. The van der Waals surface area contributed by atoms with Crippen LogP contribution in [0.1, 0.15) is 41.6 Å². The van der Waals surface area contributed by atoms with Crippen LogP contribution in [-0.2, 0) is 13.6 Å². The lowest BCUT2D eigenvalue weighted by atomic mass is 10.1.